The Hall–Kier alpha value is -2.86. The molecule has 3 aliphatic rings. The molecule has 2 aromatic rings. The summed E-state index contributed by atoms with van der Waals surface area (Å²) in [5.74, 6) is 0.796. The highest BCUT2D eigenvalue weighted by Crippen LogP contribution is 2.37. The summed E-state index contributed by atoms with van der Waals surface area (Å²) in [6, 6.07) is 14.0. The van der Waals surface area contributed by atoms with Crippen LogP contribution in [0.2, 0.25) is 0 Å². The Morgan fingerprint density at radius 2 is 1.50 bits per heavy atom. The van der Waals surface area contributed by atoms with E-state index in [-0.39, 0.29) is 30.4 Å². The molecule has 2 aromatic carbocycles. The van der Waals surface area contributed by atoms with Gasteiger partial charge in [0.1, 0.15) is 0 Å². The van der Waals surface area contributed by atoms with E-state index in [1.807, 2.05) is 18.2 Å². The van der Waals surface area contributed by atoms with Crippen molar-refractivity contribution < 1.29 is 19.1 Å². The van der Waals surface area contributed by atoms with Crippen molar-refractivity contribution in [2.75, 3.05) is 19.9 Å². The first-order valence-corrected chi connectivity index (χ1v) is 9.60. The van der Waals surface area contributed by atoms with Gasteiger partial charge in [-0.2, -0.15) is 0 Å². The smallest absolute Gasteiger partial charge is 0.234 e. The van der Waals surface area contributed by atoms with E-state index >= 15 is 0 Å². The molecule has 2 fully saturated rings. The van der Waals surface area contributed by atoms with Crippen LogP contribution in [0.4, 0.5) is 0 Å². The predicted octanol–water partition coefficient (Wildman–Crippen LogP) is 2.34. The van der Waals surface area contributed by atoms with E-state index in [2.05, 4.69) is 36.1 Å². The number of carbonyl (C=O) groups is 2. The van der Waals surface area contributed by atoms with Gasteiger partial charge < -0.3 is 9.47 Å². The molecule has 3 aliphatic heterocycles. The summed E-state index contributed by atoms with van der Waals surface area (Å²) in [6.07, 6.45) is 0. The van der Waals surface area contributed by atoms with Crippen molar-refractivity contribution in [2.45, 2.75) is 20.0 Å². The molecule has 0 radical (unpaired) electrons. The van der Waals surface area contributed by atoms with Crippen molar-refractivity contribution >= 4 is 11.8 Å². The summed E-state index contributed by atoms with van der Waals surface area (Å²) >= 11 is 0. The molecule has 6 nitrogen and oxygen atoms in total. The second-order valence-corrected chi connectivity index (χ2v) is 7.84. The van der Waals surface area contributed by atoms with Gasteiger partial charge in [0.05, 0.1) is 18.4 Å². The normalized spacial score (nSPS) is 23.5. The Bertz CT molecular complexity index is 916. The van der Waals surface area contributed by atoms with Crippen LogP contribution in [0.5, 0.6) is 11.5 Å². The summed E-state index contributed by atoms with van der Waals surface area (Å²) in [4.78, 5) is 29.4. The van der Waals surface area contributed by atoms with E-state index in [1.165, 1.54) is 16.0 Å². The van der Waals surface area contributed by atoms with Crippen LogP contribution in [0.1, 0.15) is 16.7 Å². The average Bonchev–Trinajstić information content (AvgIpc) is 3.37. The molecule has 6 heteroatoms. The van der Waals surface area contributed by atoms with E-state index in [9.17, 15) is 9.59 Å². The minimum absolute atomic E-state index is 0.0564. The number of ether oxygens (including phenoxy) is 2. The van der Waals surface area contributed by atoms with Crippen LogP contribution in [-0.4, -0.2) is 41.5 Å². The monoisotopic (exact) mass is 378 g/mol. The average molecular weight is 378 g/mol. The number of hydrogen-bond donors (Lipinski definition) is 0. The number of imide groups is 1. The molecule has 0 unspecified atom stereocenters. The van der Waals surface area contributed by atoms with Gasteiger partial charge >= 0.3 is 0 Å². The van der Waals surface area contributed by atoms with Crippen LogP contribution in [0.15, 0.2) is 42.5 Å². The highest BCUT2D eigenvalue weighted by molar-refractivity contribution is 6.05. The third-order valence-corrected chi connectivity index (χ3v) is 5.87. The van der Waals surface area contributed by atoms with Gasteiger partial charge in [-0.1, -0.05) is 35.9 Å². The van der Waals surface area contributed by atoms with Crippen LogP contribution >= 0.6 is 0 Å². The molecule has 2 atom stereocenters. The first kappa shape index (κ1) is 17.3. The van der Waals surface area contributed by atoms with Gasteiger partial charge in [-0.3, -0.25) is 19.4 Å². The molecule has 0 saturated carbocycles. The standard InChI is InChI=1S/C22H22N2O4/c1-14-2-4-15(5-3-14)9-23-11-17-18(12-23)22(26)24(21(17)25)10-16-6-7-19-20(8-16)28-13-27-19/h2-8,17-18H,9-13H2,1H3/t17-,18+. The first-order valence-electron chi connectivity index (χ1n) is 9.60. The van der Waals surface area contributed by atoms with Crippen LogP contribution in [0, 0.1) is 18.8 Å². The second kappa shape index (κ2) is 6.63. The highest BCUT2D eigenvalue weighted by Gasteiger charge is 2.52. The SMILES string of the molecule is Cc1ccc(CN2C[C@@H]3C(=O)N(Cc4ccc5c(c4)OCO5)C(=O)[C@@H]3C2)cc1. The fourth-order valence-electron chi connectivity index (χ4n) is 4.35. The maximum atomic E-state index is 12.9. The van der Waals surface area contributed by atoms with Crippen LogP contribution in [0.25, 0.3) is 0 Å². The lowest BCUT2D eigenvalue weighted by atomic mass is 10.00. The van der Waals surface area contributed by atoms with Crippen molar-refractivity contribution in [3.8, 4) is 11.5 Å². The van der Waals surface area contributed by atoms with Crippen molar-refractivity contribution in [2.24, 2.45) is 11.8 Å². The molecule has 3 heterocycles. The zero-order valence-corrected chi connectivity index (χ0v) is 15.8. The zero-order chi connectivity index (χ0) is 19.3. The number of nitrogens with zero attached hydrogens (tertiary/aromatic N) is 2. The number of amides is 2. The first-order chi connectivity index (χ1) is 13.6. The lowest BCUT2D eigenvalue weighted by Gasteiger charge is -2.21. The molecule has 2 saturated heterocycles. The number of carbonyl (C=O) groups excluding carboxylic acids is 2. The molecule has 0 bridgehead atoms. The Morgan fingerprint density at radius 1 is 0.857 bits per heavy atom. The number of fused-ring (bicyclic) bond motifs is 2. The maximum absolute atomic E-state index is 12.9. The van der Waals surface area contributed by atoms with Gasteiger partial charge in [-0.25, -0.2) is 0 Å². The van der Waals surface area contributed by atoms with Gasteiger partial charge in [0.25, 0.3) is 0 Å². The zero-order valence-electron chi connectivity index (χ0n) is 15.8. The van der Waals surface area contributed by atoms with E-state index < -0.39 is 0 Å². The quantitative estimate of drug-likeness (QED) is 0.765. The second-order valence-electron chi connectivity index (χ2n) is 7.84. The fraction of sp³-hybridized carbons (Fsp3) is 0.364. The van der Waals surface area contributed by atoms with Crippen LogP contribution in [0.3, 0.4) is 0 Å². The summed E-state index contributed by atoms with van der Waals surface area (Å²) < 4.78 is 10.7. The van der Waals surface area contributed by atoms with Gasteiger partial charge in [0.15, 0.2) is 11.5 Å². The van der Waals surface area contributed by atoms with Gasteiger partial charge in [-0.15, -0.1) is 0 Å². The molecule has 144 valence electrons. The molecule has 0 aromatic heterocycles. The summed E-state index contributed by atoms with van der Waals surface area (Å²) in [6.45, 7) is 4.62. The molecule has 5 rings (SSSR count). The van der Waals surface area contributed by atoms with Crippen molar-refractivity contribution in [3.63, 3.8) is 0 Å². The Morgan fingerprint density at radius 3 is 2.21 bits per heavy atom. The number of likely N-dealkylation sites (tertiary alicyclic amines) is 2. The summed E-state index contributed by atoms with van der Waals surface area (Å²) in [5.41, 5.74) is 3.32. The van der Waals surface area contributed by atoms with Gasteiger partial charge in [0, 0.05) is 19.6 Å². The van der Waals surface area contributed by atoms with Gasteiger partial charge in [-0.05, 0) is 30.2 Å². The minimum Gasteiger partial charge on any atom is -0.454 e. The van der Waals surface area contributed by atoms with E-state index in [0.29, 0.717) is 31.1 Å². The Labute approximate surface area is 163 Å². The molecule has 0 aliphatic carbocycles. The molecule has 2 amide bonds. The van der Waals surface area contributed by atoms with Gasteiger partial charge in [0.2, 0.25) is 18.6 Å². The highest BCUT2D eigenvalue weighted by atomic mass is 16.7. The molecule has 28 heavy (non-hydrogen) atoms. The number of hydrogen-bond acceptors (Lipinski definition) is 5. The Kier molecular flexibility index (Phi) is 4.09. The predicted molar refractivity (Wildman–Crippen MR) is 102 cm³/mol. The lowest BCUT2D eigenvalue weighted by molar-refractivity contribution is -0.141. The number of rotatable bonds is 4. The molecular formula is C22H22N2O4. The third-order valence-electron chi connectivity index (χ3n) is 5.87. The van der Waals surface area contributed by atoms with E-state index in [4.69, 9.17) is 9.47 Å². The topological polar surface area (TPSA) is 59.1 Å². The van der Waals surface area contributed by atoms with Crippen LogP contribution in [-0.2, 0) is 22.7 Å². The van der Waals surface area contributed by atoms with E-state index in [1.54, 1.807) is 0 Å². The number of benzene rings is 2. The van der Waals surface area contributed by atoms with Crippen molar-refractivity contribution in [1.82, 2.24) is 9.80 Å². The largest absolute Gasteiger partial charge is 0.454 e. The van der Waals surface area contributed by atoms with Crippen molar-refractivity contribution in [1.29, 1.82) is 0 Å². The molecule has 0 N–H and O–H groups in total. The van der Waals surface area contributed by atoms with Crippen LogP contribution < -0.4 is 9.47 Å². The summed E-state index contributed by atoms with van der Waals surface area (Å²) in [5, 5.41) is 0. The maximum Gasteiger partial charge on any atom is 0.234 e. The fourth-order valence-corrected chi connectivity index (χ4v) is 4.35. The van der Waals surface area contributed by atoms with E-state index in [0.717, 1.165) is 12.1 Å². The van der Waals surface area contributed by atoms with Crippen molar-refractivity contribution in [3.05, 3.63) is 59.2 Å². The summed E-state index contributed by atoms with van der Waals surface area (Å²) in [7, 11) is 0. The minimum atomic E-state index is -0.230. The lowest BCUT2D eigenvalue weighted by Crippen LogP contribution is -2.35. The molecule has 0 spiro atoms. The number of aryl methyl sites for hydroxylation is 1. The molecular weight excluding hydrogens is 356 g/mol. The Balaban J connectivity index is 1.26. The third kappa shape index (κ3) is 2.94.